The second-order valence-corrected chi connectivity index (χ2v) is 6.15. The lowest BCUT2D eigenvalue weighted by Crippen LogP contribution is -2.46. The Morgan fingerprint density at radius 1 is 1.57 bits per heavy atom. The van der Waals surface area contributed by atoms with Gasteiger partial charge < -0.3 is 20.5 Å². The molecule has 23 heavy (non-hydrogen) atoms. The molecule has 3 N–H and O–H groups in total. The number of hydrogen-bond donors (Lipinski definition) is 3. The van der Waals surface area contributed by atoms with E-state index < -0.39 is 5.82 Å². The van der Waals surface area contributed by atoms with Crippen molar-refractivity contribution in [1.29, 1.82) is 0 Å². The first-order valence-electron chi connectivity index (χ1n) is 7.75. The minimum absolute atomic E-state index is 0.0316. The van der Waals surface area contributed by atoms with Crippen molar-refractivity contribution in [2.45, 2.75) is 44.4 Å². The summed E-state index contributed by atoms with van der Waals surface area (Å²) in [4.78, 5) is 12.0. The molecule has 0 spiro atoms. The third kappa shape index (κ3) is 5.06. The van der Waals surface area contributed by atoms with E-state index in [1.165, 1.54) is 12.1 Å². The van der Waals surface area contributed by atoms with Gasteiger partial charge in [-0.15, -0.1) is 0 Å². The predicted octanol–water partition coefficient (Wildman–Crippen LogP) is 2.77. The van der Waals surface area contributed by atoms with Gasteiger partial charge in [0.2, 0.25) is 0 Å². The average Bonchev–Trinajstić information content (AvgIpc) is 2.95. The van der Waals surface area contributed by atoms with Crippen molar-refractivity contribution in [3.05, 3.63) is 34.6 Å². The van der Waals surface area contributed by atoms with Crippen molar-refractivity contribution in [3.8, 4) is 0 Å². The highest BCUT2D eigenvalue weighted by atomic mass is 35.5. The topological polar surface area (TPSA) is 70.6 Å². The lowest BCUT2D eigenvalue weighted by atomic mass is 10.0. The molecule has 0 bridgehead atoms. The number of carbonyl (C=O) groups is 1. The Hall–Kier alpha value is -1.37. The maximum atomic E-state index is 13.6. The fraction of sp³-hybridized carbons (Fsp3) is 0.562. The lowest BCUT2D eigenvalue weighted by Gasteiger charge is -2.22. The minimum atomic E-state index is -0.500. The van der Waals surface area contributed by atoms with Gasteiger partial charge in [-0.05, 0) is 43.9 Å². The number of rotatable bonds is 6. The van der Waals surface area contributed by atoms with Crippen LogP contribution in [0.2, 0.25) is 5.02 Å². The van der Waals surface area contributed by atoms with Crippen LogP contribution in [0.1, 0.15) is 37.9 Å². The van der Waals surface area contributed by atoms with E-state index in [-0.39, 0.29) is 35.8 Å². The van der Waals surface area contributed by atoms with E-state index >= 15 is 0 Å². The molecule has 3 atom stereocenters. The number of aliphatic hydroxyl groups excluding tert-OH is 1. The summed E-state index contributed by atoms with van der Waals surface area (Å²) in [5, 5.41) is 14.6. The third-order valence-electron chi connectivity index (χ3n) is 3.85. The smallest absolute Gasteiger partial charge is 0.315 e. The maximum Gasteiger partial charge on any atom is 0.315 e. The molecule has 0 aromatic heterocycles. The zero-order valence-electron chi connectivity index (χ0n) is 13.0. The molecule has 1 aromatic rings. The van der Waals surface area contributed by atoms with Gasteiger partial charge in [0.1, 0.15) is 11.9 Å². The van der Waals surface area contributed by atoms with Gasteiger partial charge in [-0.1, -0.05) is 17.7 Å². The zero-order chi connectivity index (χ0) is 16.8. The first-order valence-corrected chi connectivity index (χ1v) is 8.13. The van der Waals surface area contributed by atoms with Gasteiger partial charge in [-0.2, -0.15) is 0 Å². The van der Waals surface area contributed by atoms with Crippen LogP contribution < -0.4 is 10.6 Å². The number of hydrogen-bond acceptors (Lipinski definition) is 3. The third-order valence-corrected chi connectivity index (χ3v) is 4.16. The Morgan fingerprint density at radius 3 is 3.04 bits per heavy atom. The van der Waals surface area contributed by atoms with Crippen LogP contribution >= 0.6 is 11.6 Å². The fourth-order valence-electron chi connectivity index (χ4n) is 2.66. The largest absolute Gasteiger partial charge is 0.396 e. The molecule has 1 aliphatic heterocycles. The summed E-state index contributed by atoms with van der Waals surface area (Å²) in [5.41, 5.74) is 0.656. The molecule has 2 rings (SSSR count). The number of carbonyl (C=O) groups excluding carboxylic acids is 1. The summed E-state index contributed by atoms with van der Waals surface area (Å²) in [6.45, 7) is 2.49. The number of amides is 2. The Bertz CT molecular complexity index is 544. The van der Waals surface area contributed by atoms with Crippen molar-refractivity contribution < 1.29 is 19.0 Å². The highest BCUT2D eigenvalue weighted by molar-refractivity contribution is 6.30. The van der Waals surface area contributed by atoms with Gasteiger partial charge >= 0.3 is 6.03 Å². The quantitative estimate of drug-likeness (QED) is 0.743. The predicted molar refractivity (Wildman–Crippen MR) is 86.0 cm³/mol. The number of ether oxygens (including phenoxy) is 1. The van der Waals surface area contributed by atoms with Crippen LogP contribution in [-0.2, 0) is 4.74 Å². The molecule has 1 fully saturated rings. The molecule has 0 saturated carbocycles. The van der Waals surface area contributed by atoms with Crippen LogP contribution in [0, 0.1) is 5.82 Å². The van der Waals surface area contributed by atoms with E-state index in [1.54, 1.807) is 6.07 Å². The monoisotopic (exact) mass is 344 g/mol. The zero-order valence-corrected chi connectivity index (χ0v) is 13.8. The Labute approximate surface area is 140 Å². The number of urea groups is 1. The molecule has 1 saturated heterocycles. The van der Waals surface area contributed by atoms with Gasteiger partial charge in [0, 0.05) is 19.3 Å². The van der Waals surface area contributed by atoms with Gasteiger partial charge in [-0.25, -0.2) is 9.18 Å². The van der Waals surface area contributed by atoms with Crippen LogP contribution in [0.25, 0.3) is 0 Å². The molecule has 3 unspecified atom stereocenters. The number of aliphatic hydroxyl groups is 1. The average molecular weight is 345 g/mol. The summed E-state index contributed by atoms with van der Waals surface area (Å²) < 4.78 is 19.2. The minimum Gasteiger partial charge on any atom is -0.396 e. The number of halogens is 2. The van der Waals surface area contributed by atoms with E-state index in [4.69, 9.17) is 21.4 Å². The summed E-state index contributed by atoms with van der Waals surface area (Å²) in [6, 6.07) is 4.00. The van der Waals surface area contributed by atoms with Gasteiger partial charge in [0.05, 0.1) is 11.1 Å². The summed E-state index contributed by atoms with van der Waals surface area (Å²) in [5.74, 6) is -0.500. The second kappa shape index (κ2) is 8.47. The van der Waals surface area contributed by atoms with E-state index in [0.717, 1.165) is 0 Å². The summed E-state index contributed by atoms with van der Waals surface area (Å²) >= 11 is 5.69. The molecular weight excluding hydrogens is 323 g/mol. The Balaban J connectivity index is 1.93. The van der Waals surface area contributed by atoms with Crippen molar-refractivity contribution in [2.24, 2.45) is 0 Å². The van der Waals surface area contributed by atoms with Crippen molar-refractivity contribution in [1.82, 2.24) is 10.6 Å². The molecule has 2 amide bonds. The SMILES string of the molecule is CC(CCCO)NC(=O)NC1CCOC1c1ccc(Cl)c(F)c1. The standard InChI is InChI=1S/C16H22ClFN2O3/c1-10(3-2-7-21)19-16(22)20-14-6-8-23-15(14)11-4-5-12(17)13(18)9-11/h4-5,9-10,14-15,21H,2-3,6-8H2,1H3,(H2,19,20,22). The van der Waals surface area contributed by atoms with Gasteiger partial charge in [0.25, 0.3) is 0 Å². The Morgan fingerprint density at radius 2 is 2.35 bits per heavy atom. The fourth-order valence-corrected chi connectivity index (χ4v) is 2.78. The molecule has 128 valence electrons. The summed E-state index contributed by atoms with van der Waals surface area (Å²) in [6.07, 6.45) is 1.62. The van der Waals surface area contributed by atoms with Crippen LogP contribution in [0.15, 0.2) is 18.2 Å². The van der Waals surface area contributed by atoms with Gasteiger partial charge in [-0.3, -0.25) is 0 Å². The normalized spacial score (nSPS) is 21.9. The van der Waals surface area contributed by atoms with E-state index in [1.807, 2.05) is 6.92 Å². The molecule has 1 aromatic carbocycles. The molecule has 0 radical (unpaired) electrons. The van der Waals surface area contributed by atoms with E-state index in [9.17, 15) is 9.18 Å². The molecule has 7 heteroatoms. The highest BCUT2D eigenvalue weighted by Crippen LogP contribution is 2.31. The van der Waals surface area contributed by atoms with Crippen molar-refractivity contribution >= 4 is 17.6 Å². The van der Waals surface area contributed by atoms with Crippen LogP contribution in [-0.4, -0.2) is 36.4 Å². The number of nitrogens with one attached hydrogen (secondary N) is 2. The van der Waals surface area contributed by atoms with Crippen LogP contribution in [0.3, 0.4) is 0 Å². The van der Waals surface area contributed by atoms with Crippen LogP contribution in [0.4, 0.5) is 9.18 Å². The number of benzene rings is 1. The van der Waals surface area contributed by atoms with Gasteiger partial charge in [0.15, 0.2) is 0 Å². The van der Waals surface area contributed by atoms with Crippen molar-refractivity contribution in [2.75, 3.05) is 13.2 Å². The second-order valence-electron chi connectivity index (χ2n) is 5.74. The van der Waals surface area contributed by atoms with E-state index in [2.05, 4.69) is 10.6 Å². The molecule has 5 nitrogen and oxygen atoms in total. The maximum absolute atomic E-state index is 13.6. The highest BCUT2D eigenvalue weighted by Gasteiger charge is 2.31. The molecular formula is C16H22ClFN2O3. The first-order chi connectivity index (χ1) is 11.0. The van der Waals surface area contributed by atoms with Crippen molar-refractivity contribution in [3.63, 3.8) is 0 Å². The molecule has 1 heterocycles. The molecule has 1 aliphatic rings. The molecule has 0 aliphatic carbocycles. The van der Waals surface area contributed by atoms with Crippen LogP contribution in [0.5, 0.6) is 0 Å². The summed E-state index contributed by atoms with van der Waals surface area (Å²) in [7, 11) is 0. The lowest BCUT2D eigenvalue weighted by molar-refractivity contribution is 0.0995. The van der Waals surface area contributed by atoms with E-state index in [0.29, 0.717) is 31.4 Å². The Kier molecular flexibility index (Phi) is 6.62. The first kappa shape index (κ1) is 18.0.